The van der Waals surface area contributed by atoms with E-state index in [0.29, 0.717) is 24.2 Å². The maximum Gasteiger partial charge on any atom is 0.322 e. The van der Waals surface area contributed by atoms with Crippen molar-refractivity contribution < 1.29 is 13.6 Å². The number of nitrogens with zero attached hydrogens (tertiary/aromatic N) is 2. The number of fused-ring (bicyclic) bond motifs is 1. The van der Waals surface area contributed by atoms with Gasteiger partial charge in [0.25, 0.3) is 0 Å². The van der Waals surface area contributed by atoms with Crippen LogP contribution in [0.25, 0.3) is 0 Å². The standard InChI is InChI=1S/C20H21F2N3OS/c21-18-5-6-19(22)17-13-25(8-7-16(17)18)20(26)23-14-1-3-15(4-2-14)24-9-11-27-12-10-24/h1-6H,7-13H2,(H,23,26). The quantitative estimate of drug-likeness (QED) is 0.840. The predicted octanol–water partition coefficient (Wildman–Crippen LogP) is 4.11. The molecule has 0 saturated carbocycles. The summed E-state index contributed by atoms with van der Waals surface area (Å²) in [7, 11) is 0. The number of hydrogen-bond donors (Lipinski definition) is 1. The zero-order valence-electron chi connectivity index (χ0n) is 14.9. The number of halogens is 2. The molecule has 2 aromatic rings. The molecule has 0 bridgehead atoms. The van der Waals surface area contributed by atoms with Crippen molar-refractivity contribution in [3.05, 3.63) is 59.2 Å². The zero-order chi connectivity index (χ0) is 18.8. The first-order valence-corrected chi connectivity index (χ1v) is 10.2. The van der Waals surface area contributed by atoms with E-state index in [1.807, 2.05) is 36.0 Å². The second-order valence-electron chi connectivity index (χ2n) is 6.73. The molecule has 4 rings (SSSR count). The van der Waals surface area contributed by atoms with Gasteiger partial charge in [0.15, 0.2) is 0 Å². The normalized spacial score (nSPS) is 16.8. The van der Waals surface area contributed by atoms with E-state index in [4.69, 9.17) is 0 Å². The Hall–Kier alpha value is -2.28. The van der Waals surface area contributed by atoms with Crippen molar-refractivity contribution in [2.75, 3.05) is 41.4 Å². The Labute approximate surface area is 161 Å². The Morgan fingerprint density at radius 3 is 2.30 bits per heavy atom. The molecule has 142 valence electrons. The average Bonchev–Trinajstić information content (AvgIpc) is 2.72. The van der Waals surface area contributed by atoms with Crippen LogP contribution in [-0.2, 0) is 13.0 Å². The number of hydrogen-bond acceptors (Lipinski definition) is 3. The fraction of sp³-hybridized carbons (Fsp3) is 0.350. The summed E-state index contributed by atoms with van der Waals surface area (Å²) in [5, 5.41) is 2.85. The minimum Gasteiger partial charge on any atom is -0.370 e. The number of benzene rings is 2. The molecule has 27 heavy (non-hydrogen) atoms. The van der Waals surface area contributed by atoms with Crippen molar-refractivity contribution in [1.82, 2.24) is 4.90 Å². The first kappa shape index (κ1) is 18.1. The van der Waals surface area contributed by atoms with E-state index in [1.165, 1.54) is 4.90 Å². The third-order valence-corrected chi connectivity index (χ3v) is 6.02. The molecule has 2 heterocycles. The summed E-state index contributed by atoms with van der Waals surface area (Å²) in [5.41, 5.74) is 2.50. The molecule has 1 saturated heterocycles. The van der Waals surface area contributed by atoms with Gasteiger partial charge < -0.3 is 15.1 Å². The van der Waals surface area contributed by atoms with Crippen LogP contribution in [0.3, 0.4) is 0 Å². The largest absolute Gasteiger partial charge is 0.370 e. The van der Waals surface area contributed by atoms with Gasteiger partial charge in [0.2, 0.25) is 0 Å². The molecule has 1 fully saturated rings. The number of amides is 2. The summed E-state index contributed by atoms with van der Waals surface area (Å²) >= 11 is 1.96. The van der Waals surface area contributed by atoms with E-state index in [1.54, 1.807) is 0 Å². The molecule has 0 aromatic heterocycles. The smallest absolute Gasteiger partial charge is 0.322 e. The molecule has 0 atom stereocenters. The van der Waals surface area contributed by atoms with Crippen LogP contribution >= 0.6 is 11.8 Å². The minimum atomic E-state index is -0.465. The van der Waals surface area contributed by atoms with Gasteiger partial charge in [-0.3, -0.25) is 0 Å². The number of urea groups is 1. The molecular weight excluding hydrogens is 368 g/mol. The summed E-state index contributed by atoms with van der Waals surface area (Å²) < 4.78 is 27.8. The highest BCUT2D eigenvalue weighted by Crippen LogP contribution is 2.26. The van der Waals surface area contributed by atoms with Crippen molar-refractivity contribution in [3.8, 4) is 0 Å². The van der Waals surface area contributed by atoms with E-state index in [0.717, 1.165) is 42.4 Å². The van der Waals surface area contributed by atoms with Gasteiger partial charge in [0, 0.05) is 48.1 Å². The van der Waals surface area contributed by atoms with Crippen LogP contribution in [0.15, 0.2) is 36.4 Å². The highest BCUT2D eigenvalue weighted by atomic mass is 32.2. The summed E-state index contributed by atoms with van der Waals surface area (Å²) in [5.74, 6) is 1.39. The molecule has 2 amide bonds. The lowest BCUT2D eigenvalue weighted by molar-refractivity contribution is 0.204. The second kappa shape index (κ2) is 7.76. The number of anilines is 2. The van der Waals surface area contributed by atoms with Gasteiger partial charge in [-0.25, -0.2) is 13.6 Å². The van der Waals surface area contributed by atoms with Crippen molar-refractivity contribution in [2.24, 2.45) is 0 Å². The van der Waals surface area contributed by atoms with Gasteiger partial charge in [0.1, 0.15) is 11.6 Å². The Morgan fingerprint density at radius 1 is 0.926 bits per heavy atom. The van der Waals surface area contributed by atoms with Crippen LogP contribution < -0.4 is 10.2 Å². The first-order chi connectivity index (χ1) is 13.1. The zero-order valence-corrected chi connectivity index (χ0v) is 15.7. The van der Waals surface area contributed by atoms with Crippen molar-refractivity contribution in [1.29, 1.82) is 0 Å². The number of nitrogens with one attached hydrogen (secondary N) is 1. The molecule has 0 unspecified atom stereocenters. The fourth-order valence-electron chi connectivity index (χ4n) is 3.55. The van der Waals surface area contributed by atoms with Gasteiger partial charge >= 0.3 is 6.03 Å². The van der Waals surface area contributed by atoms with Crippen LogP contribution in [0, 0.1) is 11.6 Å². The van der Waals surface area contributed by atoms with E-state index in [2.05, 4.69) is 10.2 Å². The van der Waals surface area contributed by atoms with E-state index < -0.39 is 11.6 Å². The predicted molar refractivity (Wildman–Crippen MR) is 105 cm³/mol. The Bertz CT molecular complexity index is 838. The molecule has 0 radical (unpaired) electrons. The molecule has 4 nitrogen and oxygen atoms in total. The monoisotopic (exact) mass is 389 g/mol. The molecule has 2 aliphatic heterocycles. The van der Waals surface area contributed by atoms with Gasteiger partial charge in [-0.15, -0.1) is 0 Å². The minimum absolute atomic E-state index is 0.0777. The summed E-state index contributed by atoms with van der Waals surface area (Å²) in [4.78, 5) is 16.4. The third kappa shape index (κ3) is 3.88. The number of carbonyl (C=O) groups is 1. The van der Waals surface area contributed by atoms with E-state index >= 15 is 0 Å². The number of thioether (sulfide) groups is 1. The van der Waals surface area contributed by atoms with Crippen molar-refractivity contribution >= 4 is 29.2 Å². The Kier molecular flexibility index (Phi) is 5.20. The van der Waals surface area contributed by atoms with Crippen molar-refractivity contribution in [3.63, 3.8) is 0 Å². The highest BCUT2D eigenvalue weighted by molar-refractivity contribution is 7.99. The lowest BCUT2D eigenvalue weighted by Crippen LogP contribution is -2.39. The van der Waals surface area contributed by atoms with Gasteiger partial charge in [-0.1, -0.05) is 0 Å². The average molecular weight is 389 g/mol. The lowest BCUT2D eigenvalue weighted by Gasteiger charge is -2.30. The molecule has 1 N–H and O–H groups in total. The molecule has 2 aliphatic rings. The number of rotatable bonds is 2. The number of carbonyl (C=O) groups excluding carboxylic acids is 1. The molecular formula is C20H21F2N3OS. The topological polar surface area (TPSA) is 35.6 Å². The SMILES string of the molecule is O=C(Nc1ccc(N2CCSCC2)cc1)N1CCc2c(F)ccc(F)c2C1. The van der Waals surface area contributed by atoms with Crippen LogP contribution in [0.5, 0.6) is 0 Å². The lowest BCUT2D eigenvalue weighted by atomic mass is 9.99. The van der Waals surface area contributed by atoms with Gasteiger partial charge in [-0.05, 0) is 48.4 Å². The Morgan fingerprint density at radius 2 is 1.59 bits per heavy atom. The van der Waals surface area contributed by atoms with Crippen LogP contribution in [0.4, 0.5) is 25.0 Å². The van der Waals surface area contributed by atoms with Gasteiger partial charge in [-0.2, -0.15) is 11.8 Å². The summed E-state index contributed by atoms with van der Waals surface area (Å²) in [6.07, 6.45) is 0.318. The molecule has 0 spiro atoms. The molecule has 2 aromatic carbocycles. The summed E-state index contributed by atoms with van der Waals surface area (Å²) in [6, 6.07) is 9.74. The van der Waals surface area contributed by atoms with E-state index in [-0.39, 0.29) is 18.1 Å². The first-order valence-electron chi connectivity index (χ1n) is 9.06. The summed E-state index contributed by atoms with van der Waals surface area (Å²) in [6.45, 7) is 2.51. The maximum atomic E-state index is 14.0. The maximum absolute atomic E-state index is 14.0. The van der Waals surface area contributed by atoms with Crippen LogP contribution in [0.1, 0.15) is 11.1 Å². The highest BCUT2D eigenvalue weighted by Gasteiger charge is 2.25. The Balaban J connectivity index is 1.41. The van der Waals surface area contributed by atoms with Crippen LogP contribution in [-0.4, -0.2) is 42.1 Å². The third-order valence-electron chi connectivity index (χ3n) is 5.08. The molecule has 7 heteroatoms. The van der Waals surface area contributed by atoms with Crippen LogP contribution in [0.2, 0.25) is 0 Å². The molecule has 0 aliphatic carbocycles. The fourth-order valence-corrected chi connectivity index (χ4v) is 4.45. The second-order valence-corrected chi connectivity index (χ2v) is 7.96. The van der Waals surface area contributed by atoms with Crippen molar-refractivity contribution in [2.45, 2.75) is 13.0 Å². The van der Waals surface area contributed by atoms with Gasteiger partial charge in [0.05, 0.1) is 6.54 Å². The van der Waals surface area contributed by atoms with E-state index in [9.17, 15) is 13.6 Å².